The molecule has 0 aliphatic heterocycles. The lowest BCUT2D eigenvalue weighted by Crippen LogP contribution is -2.07. The summed E-state index contributed by atoms with van der Waals surface area (Å²) in [5.74, 6) is 0.247. The van der Waals surface area contributed by atoms with E-state index in [1.165, 1.54) is 0 Å². The van der Waals surface area contributed by atoms with Gasteiger partial charge in [0, 0.05) is 4.47 Å². The second-order valence-corrected chi connectivity index (χ2v) is 4.54. The van der Waals surface area contributed by atoms with Gasteiger partial charge in [0.1, 0.15) is 5.76 Å². The van der Waals surface area contributed by atoms with Crippen LogP contribution in [0.25, 0.3) is 0 Å². The molecule has 0 spiro atoms. The van der Waals surface area contributed by atoms with Crippen molar-refractivity contribution in [3.05, 3.63) is 46.1 Å². The van der Waals surface area contributed by atoms with Gasteiger partial charge in [-0.05, 0) is 35.0 Å². The number of carboxylic acids is 1. The van der Waals surface area contributed by atoms with E-state index < -0.39 is 5.97 Å². The van der Waals surface area contributed by atoms with Crippen molar-refractivity contribution in [1.82, 2.24) is 4.98 Å². The number of oxazole rings is 1. The average molecular weight is 311 g/mol. The number of hydrogen-bond donors (Lipinski definition) is 2. The summed E-state index contributed by atoms with van der Waals surface area (Å²) in [7, 11) is 0. The topological polar surface area (TPSA) is 75.4 Å². The van der Waals surface area contributed by atoms with E-state index in [2.05, 4.69) is 26.2 Å². The Bertz CT molecular complexity index is 580. The lowest BCUT2D eigenvalue weighted by molar-refractivity contribution is 0.0697. The summed E-state index contributed by atoms with van der Waals surface area (Å²) in [5.41, 5.74) is 0.716. The molecule has 0 atom stereocenters. The second kappa shape index (κ2) is 5.22. The van der Waals surface area contributed by atoms with E-state index in [1.807, 2.05) is 0 Å². The van der Waals surface area contributed by atoms with Crippen LogP contribution in [0.15, 0.2) is 33.3 Å². The maximum Gasteiger partial charge on any atom is 0.338 e. The van der Waals surface area contributed by atoms with Crippen molar-refractivity contribution in [2.75, 3.05) is 5.32 Å². The first-order valence-corrected chi connectivity index (χ1v) is 6.04. The Morgan fingerprint density at radius 3 is 2.94 bits per heavy atom. The van der Waals surface area contributed by atoms with E-state index in [9.17, 15) is 4.79 Å². The number of nitrogens with zero attached hydrogens (tertiary/aromatic N) is 1. The monoisotopic (exact) mass is 310 g/mol. The van der Waals surface area contributed by atoms with Crippen LogP contribution < -0.4 is 5.32 Å². The minimum atomic E-state index is -0.992. The van der Waals surface area contributed by atoms with Crippen molar-refractivity contribution >= 4 is 27.6 Å². The van der Waals surface area contributed by atoms with Crippen molar-refractivity contribution in [3.63, 3.8) is 0 Å². The van der Waals surface area contributed by atoms with Crippen molar-refractivity contribution in [3.8, 4) is 0 Å². The molecule has 0 amide bonds. The molecule has 0 fully saturated rings. The van der Waals surface area contributed by atoms with E-state index in [0.29, 0.717) is 22.6 Å². The first kappa shape index (κ1) is 12.6. The molecule has 0 radical (unpaired) electrons. The van der Waals surface area contributed by atoms with Gasteiger partial charge in [-0.15, -0.1) is 0 Å². The van der Waals surface area contributed by atoms with Crippen molar-refractivity contribution in [2.45, 2.75) is 13.5 Å². The van der Waals surface area contributed by atoms with Gasteiger partial charge >= 0.3 is 5.97 Å². The molecule has 1 aromatic heterocycles. The molecular weight excluding hydrogens is 300 g/mol. The quantitative estimate of drug-likeness (QED) is 0.907. The molecule has 0 aliphatic carbocycles. The minimum Gasteiger partial charge on any atom is -0.478 e. The molecule has 5 nitrogen and oxygen atoms in total. The summed E-state index contributed by atoms with van der Waals surface area (Å²) in [6.45, 7) is 2.14. The SMILES string of the molecule is Cc1cnc(CNc2cccc(Br)c2C(=O)O)o1. The molecule has 0 aliphatic rings. The number of nitrogens with one attached hydrogen (secondary N) is 1. The maximum atomic E-state index is 11.1. The zero-order valence-electron chi connectivity index (χ0n) is 9.61. The number of aromatic nitrogens is 1. The Morgan fingerprint density at radius 1 is 1.56 bits per heavy atom. The normalized spacial score (nSPS) is 10.3. The number of halogens is 1. The van der Waals surface area contributed by atoms with Crippen molar-refractivity contribution < 1.29 is 14.3 Å². The van der Waals surface area contributed by atoms with E-state index in [0.717, 1.165) is 5.76 Å². The highest BCUT2D eigenvalue weighted by molar-refractivity contribution is 9.10. The molecule has 94 valence electrons. The van der Waals surface area contributed by atoms with Gasteiger partial charge in [-0.2, -0.15) is 0 Å². The molecule has 0 unspecified atom stereocenters. The van der Waals surface area contributed by atoms with Gasteiger partial charge in [0.25, 0.3) is 0 Å². The molecule has 0 bridgehead atoms. The van der Waals surface area contributed by atoms with Crippen molar-refractivity contribution in [2.24, 2.45) is 0 Å². The Hall–Kier alpha value is -1.82. The highest BCUT2D eigenvalue weighted by atomic mass is 79.9. The molecule has 6 heteroatoms. The van der Waals surface area contributed by atoms with Crippen LogP contribution in [0.4, 0.5) is 5.69 Å². The molecule has 2 aromatic rings. The predicted octanol–water partition coefficient (Wildman–Crippen LogP) is 3.06. The summed E-state index contributed by atoms with van der Waals surface area (Å²) in [6, 6.07) is 5.15. The second-order valence-electron chi connectivity index (χ2n) is 3.69. The third kappa shape index (κ3) is 2.70. The molecule has 18 heavy (non-hydrogen) atoms. The van der Waals surface area contributed by atoms with Gasteiger partial charge in [-0.3, -0.25) is 0 Å². The van der Waals surface area contributed by atoms with Crippen LogP contribution in [0.1, 0.15) is 22.0 Å². The van der Waals surface area contributed by atoms with Crippen LogP contribution in [0, 0.1) is 6.92 Å². The van der Waals surface area contributed by atoms with Crippen LogP contribution in [0.2, 0.25) is 0 Å². The van der Waals surface area contributed by atoms with E-state index >= 15 is 0 Å². The van der Waals surface area contributed by atoms with E-state index in [-0.39, 0.29) is 5.56 Å². The molecule has 2 N–H and O–H groups in total. The third-order valence-corrected chi connectivity index (χ3v) is 2.99. The number of carbonyl (C=O) groups is 1. The van der Waals surface area contributed by atoms with Crippen LogP contribution >= 0.6 is 15.9 Å². The molecule has 0 saturated carbocycles. The fraction of sp³-hybridized carbons (Fsp3) is 0.167. The predicted molar refractivity (Wildman–Crippen MR) is 69.7 cm³/mol. The van der Waals surface area contributed by atoms with Crippen molar-refractivity contribution in [1.29, 1.82) is 0 Å². The molecule has 0 saturated heterocycles. The number of aromatic carboxylic acids is 1. The first-order chi connectivity index (χ1) is 8.58. The summed E-state index contributed by atoms with van der Waals surface area (Å²) in [4.78, 5) is 15.2. The number of carboxylic acid groups (broad SMARTS) is 1. The number of aryl methyl sites for hydroxylation is 1. The fourth-order valence-corrected chi connectivity index (χ4v) is 2.08. The van der Waals surface area contributed by atoms with Gasteiger partial charge in [0.05, 0.1) is 24.0 Å². The Labute approximate surface area is 112 Å². The zero-order valence-corrected chi connectivity index (χ0v) is 11.2. The summed E-state index contributed by atoms with van der Waals surface area (Å²) in [6.07, 6.45) is 1.62. The summed E-state index contributed by atoms with van der Waals surface area (Å²) >= 11 is 3.22. The molecule has 2 rings (SSSR count). The number of hydrogen-bond acceptors (Lipinski definition) is 4. The van der Waals surface area contributed by atoms with Crippen LogP contribution in [-0.4, -0.2) is 16.1 Å². The number of rotatable bonds is 4. The number of benzene rings is 1. The first-order valence-electron chi connectivity index (χ1n) is 5.25. The smallest absolute Gasteiger partial charge is 0.338 e. The lowest BCUT2D eigenvalue weighted by atomic mass is 10.2. The van der Waals surface area contributed by atoms with Crippen LogP contribution in [0.3, 0.4) is 0 Å². The Kier molecular flexibility index (Phi) is 3.66. The van der Waals surface area contributed by atoms with Crippen LogP contribution in [-0.2, 0) is 6.54 Å². The zero-order chi connectivity index (χ0) is 13.1. The van der Waals surface area contributed by atoms with Gasteiger partial charge in [-0.1, -0.05) is 6.07 Å². The number of anilines is 1. The Morgan fingerprint density at radius 2 is 2.33 bits per heavy atom. The lowest BCUT2D eigenvalue weighted by Gasteiger charge is -2.09. The highest BCUT2D eigenvalue weighted by Crippen LogP contribution is 2.25. The Balaban J connectivity index is 2.19. The van der Waals surface area contributed by atoms with Gasteiger partial charge < -0.3 is 14.8 Å². The molecule has 1 aromatic carbocycles. The summed E-state index contributed by atoms with van der Waals surface area (Å²) < 4.78 is 5.83. The standard InChI is InChI=1S/C12H11BrN2O3/c1-7-5-15-10(18-7)6-14-9-4-2-3-8(13)11(9)12(16)17/h2-5,14H,6H2,1H3,(H,16,17). The molecular formula is C12H11BrN2O3. The van der Waals surface area contributed by atoms with Gasteiger partial charge in [-0.25, -0.2) is 9.78 Å². The van der Waals surface area contributed by atoms with E-state index in [4.69, 9.17) is 9.52 Å². The third-order valence-electron chi connectivity index (χ3n) is 2.33. The largest absolute Gasteiger partial charge is 0.478 e. The fourth-order valence-electron chi connectivity index (χ4n) is 1.54. The summed E-state index contributed by atoms with van der Waals surface area (Å²) in [5, 5.41) is 12.1. The maximum absolute atomic E-state index is 11.1. The minimum absolute atomic E-state index is 0.195. The van der Waals surface area contributed by atoms with Gasteiger partial charge in [0.2, 0.25) is 5.89 Å². The van der Waals surface area contributed by atoms with E-state index in [1.54, 1.807) is 31.3 Å². The van der Waals surface area contributed by atoms with Crippen LogP contribution in [0.5, 0.6) is 0 Å². The van der Waals surface area contributed by atoms with Gasteiger partial charge in [0.15, 0.2) is 0 Å². The molecule has 1 heterocycles. The average Bonchev–Trinajstić information content (AvgIpc) is 2.72. The highest BCUT2D eigenvalue weighted by Gasteiger charge is 2.14.